The van der Waals surface area contributed by atoms with Crippen LogP contribution in [0.3, 0.4) is 0 Å². The minimum Gasteiger partial charge on any atom is -0.312 e. The first-order valence-electron chi connectivity index (χ1n) is 7.96. The van der Waals surface area contributed by atoms with E-state index >= 15 is 0 Å². The number of nitrogens with one attached hydrogen (secondary N) is 1. The first kappa shape index (κ1) is 19.3. The van der Waals surface area contributed by atoms with E-state index in [-0.39, 0.29) is 10.9 Å². The highest BCUT2D eigenvalue weighted by molar-refractivity contribution is 8.00. The van der Waals surface area contributed by atoms with Crippen LogP contribution in [0, 0.1) is 0 Å². The Morgan fingerprint density at radius 2 is 1.86 bits per heavy atom. The number of nitrogens with zero attached hydrogens (tertiary/aromatic N) is 1. The monoisotopic (exact) mass is 336 g/mol. The lowest BCUT2D eigenvalue weighted by molar-refractivity contribution is 0.263. The van der Waals surface area contributed by atoms with Gasteiger partial charge in [-0.05, 0) is 46.7 Å². The summed E-state index contributed by atoms with van der Waals surface area (Å²) >= 11 is 1.76. The highest BCUT2D eigenvalue weighted by Gasteiger charge is 2.30. The molecule has 0 amide bonds. The zero-order valence-electron chi connectivity index (χ0n) is 14.0. The van der Waals surface area contributed by atoms with E-state index in [1.54, 1.807) is 11.8 Å². The van der Waals surface area contributed by atoms with Crippen molar-refractivity contribution in [3.8, 4) is 0 Å². The molecule has 1 aliphatic rings. The molecule has 1 aliphatic heterocycles. The smallest absolute Gasteiger partial charge is 0.164 e. The van der Waals surface area contributed by atoms with E-state index < -0.39 is 9.84 Å². The summed E-state index contributed by atoms with van der Waals surface area (Å²) in [5.41, 5.74) is 0.203. The van der Waals surface area contributed by atoms with Crippen LogP contribution in [0.1, 0.15) is 46.5 Å². The van der Waals surface area contributed by atoms with Crippen LogP contribution in [0.25, 0.3) is 0 Å². The Kier molecular flexibility index (Phi) is 8.03. The maximum absolute atomic E-state index is 11.8. The van der Waals surface area contributed by atoms with E-state index in [0.29, 0.717) is 0 Å². The third-order valence-corrected chi connectivity index (χ3v) is 6.40. The summed E-state index contributed by atoms with van der Waals surface area (Å²) in [6, 6.07) is 0. The number of hydrogen-bond donors (Lipinski definition) is 1. The van der Waals surface area contributed by atoms with Gasteiger partial charge in [0.1, 0.15) is 5.37 Å². The molecule has 4 nitrogen and oxygen atoms in total. The molecule has 1 unspecified atom stereocenters. The van der Waals surface area contributed by atoms with Gasteiger partial charge in [-0.25, -0.2) is 8.42 Å². The minimum atomic E-state index is -2.95. The highest BCUT2D eigenvalue weighted by Crippen LogP contribution is 2.20. The van der Waals surface area contributed by atoms with Crippen LogP contribution in [0.5, 0.6) is 0 Å². The van der Waals surface area contributed by atoms with Crippen molar-refractivity contribution >= 4 is 21.6 Å². The molecule has 0 bridgehead atoms. The summed E-state index contributed by atoms with van der Waals surface area (Å²) in [6.07, 6.45) is 6.07. The van der Waals surface area contributed by atoms with Crippen molar-refractivity contribution in [2.45, 2.75) is 57.4 Å². The number of unbranched alkanes of at least 4 members (excludes halogenated alkanes) is 3. The molecule has 1 rings (SSSR count). The number of rotatable bonds is 8. The number of sulfone groups is 1. The van der Waals surface area contributed by atoms with Gasteiger partial charge in [-0.15, -0.1) is 0 Å². The van der Waals surface area contributed by atoms with Crippen LogP contribution in [0.4, 0.5) is 0 Å². The van der Waals surface area contributed by atoms with Crippen molar-refractivity contribution in [1.29, 1.82) is 0 Å². The van der Waals surface area contributed by atoms with Crippen molar-refractivity contribution in [2.75, 3.05) is 37.4 Å². The number of hydrogen-bond acceptors (Lipinski definition) is 5. The maximum Gasteiger partial charge on any atom is 0.164 e. The summed E-state index contributed by atoms with van der Waals surface area (Å²) < 4.78 is 23.6. The summed E-state index contributed by atoms with van der Waals surface area (Å²) in [6.45, 7) is 9.46. The maximum atomic E-state index is 11.8. The van der Waals surface area contributed by atoms with E-state index in [1.165, 1.54) is 25.5 Å². The molecule has 0 radical (unpaired) electrons. The molecule has 0 aromatic rings. The van der Waals surface area contributed by atoms with E-state index in [2.05, 4.69) is 31.0 Å². The third kappa shape index (κ3) is 8.43. The minimum absolute atomic E-state index is 0.203. The molecular weight excluding hydrogens is 304 g/mol. The van der Waals surface area contributed by atoms with E-state index in [9.17, 15) is 8.42 Å². The van der Waals surface area contributed by atoms with Crippen molar-refractivity contribution in [2.24, 2.45) is 0 Å². The second-order valence-corrected chi connectivity index (χ2v) is 10.3. The third-order valence-electron chi connectivity index (χ3n) is 3.71. The fraction of sp³-hybridized carbons (Fsp3) is 1.00. The van der Waals surface area contributed by atoms with Crippen LogP contribution in [-0.2, 0) is 9.84 Å². The summed E-state index contributed by atoms with van der Waals surface area (Å²) in [5.74, 6) is 1.79. The second kappa shape index (κ2) is 8.75. The van der Waals surface area contributed by atoms with Crippen molar-refractivity contribution in [3.63, 3.8) is 0 Å². The zero-order valence-corrected chi connectivity index (χ0v) is 15.7. The molecule has 1 atom stereocenters. The largest absolute Gasteiger partial charge is 0.312 e. The Balaban J connectivity index is 2.16. The van der Waals surface area contributed by atoms with Crippen LogP contribution >= 0.6 is 11.8 Å². The zero-order chi connectivity index (χ0) is 15.9. The van der Waals surface area contributed by atoms with E-state index in [1.807, 2.05) is 0 Å². The summed E-state index contributed by atoms with van der Waals surface area (Å²) in [7, 11) is -2.95. The molecule has 0 saturated carbocycles. The van der Waals surface area contributed by atoms with E-state index in [4.69, 9.17) is 0 Å². The quantitative estimate of drug-likeness (QED) is 0.690. The molecule has 0 aliphatic carbocycles. The van der Waals surface area contributed by atoms with Crippen molar-refractivity contribution in [3.05, 3.63) is 0 Å². The number of thioether (sulfide) groups is 1. The molecule has 0 aromatic carbocycles. The molecule has 0 aromatic heterocycles. The molecule has 1 heterocycles. The van der Waals surface area contributed by atoms with Gasteiger partial charge in [-0.2, -0.15) is 11.8 Å². The highest BCUT2D eigenvalue weighted by atomic mass is 32.2. The molecule has 6 heteroatoms. The van der Waals surface area contributed by atoms with Gasteiger partial charge in [0.05, 0.1) is 0 Å². The van der Waals surface area contributed by atoms with Crippen LogP contribution in [-0.4, -0.2) is 61.6 Å². The predicted octanol–water partition coefficient (Wildman–Crippen LogP) is 2.35. The van der Waals surface area contributed by atoms with Gasteiger partial charge in [0, 0.05) is 29.8 Å². The normalized spacial score (nSPS) is 21.6. The van der Waals surface area contributed by atoms with Gasteiger partial charge in [-0.1, -0.05) is 12.8 Å². The van der Waals surface area contributed by atoms with Gasteiger partial charge in [0.15, 0.2) is 9.84 Å². The van der Waals surface area contributed by atoms with Crippen LogP contribution in [0.2, 0.25) is 0 Å². The van der Waals surface area contributed by atoms with Crippen LogP contribution < -0.4 is 5.32 Å². The lowest BCUT2D eigenvalue weighted by atomic mass is 10.1. The van der Waals surface area contributed by atoms with Gasteiger partial charge in [-0.3, -0.25) is 4.90 Å². The van der Waals surface area contributed by atoms with Gasteiger partial charge in [0.2, 0.25) is 0 Å². The first-order chi connectivity index (χ1) is 9.70. The predicted molar refractivity (Wildman–Crippen MR) is 93.8 cm³/mol. The SMILES string of the molecule is CC(C)(C)NCCCCCCN1CCSCC1S(C)(=O)=O. The first-order valence-corrected chi connectivity index (χ1v) is 11.1. The lowest BCUT2D eigenvalue weighted by Crippen LogP contribution is -2.47. The molecule has 1 fully saturated rings. The summed E-state index contributed by atoms with van der Waals surface area (Å²) in [4.78, 5) is 2.17. The topological polar surface area (TPSA) is 49.4 Å². The molecule has 1 N–H and O–H groups in total. The Bertz CT molecular complexity index is 391. The average molecular weight is 337 g/mol. The van der Waals surface area contributed by atoms with Crippen LogP contribution in [0.15, 0.2) is 0 Å². The Labute approximate surface area is 135 Å². The molecule has 0 spiro atoms. The fourth-order valence-corrected chi connectivity index (χ4v) is 5.49. The molecule has 126 valence electrons. The fourth-order valence-electron chi connectivity index (χ4n) is 2.52. The molecule has 21 heavy (non-hydrogen) atoms. The Morgan fingerprint density at radius 3 is 2.48 bits per heavy atom. The van der Waals surface area contributed by atoms with Gasteiger partial charge >= 0.3 is 0 Å². The molecule has 1 saturated heterocycles. The van der Waals surface area contributed by atoms with Gasteiger partial charge in [0.25, 0.3) is 0 Å². The second-order valence-electron chi connectivity index (χ2n) is 6.99. The standard InChI is InChI=1S/C15H32N2O2S2/c1-15(2,3)16-9-7-5-6-8-10-17-11-12-20-13-14(17)21(4,18)19/h14,16H,5-13H2,1-4H3. The van der Waals surface area contributed by atoms with E-state index in [0.717, 1.165) is 37.6 Å². The Morgan fingerprint density at radius 1 is 1.19 bits per heavy atom. The van der Waals surface area contributed by atoms with Crippen molar-refractivity contribution < 1.29 is 8.42 Å². The molecular formula is C15H32N2O2S2. The average Bonchev–Trinajstić information content (AvgIpc) is 2.35. The summed E-state index contributed by atoms with van der Waals surface area (Å²) in [5, 5.41) is 3.23. The Hall–Kier alpha value is 0.220. The van der Waals surface area contributed by atoms with Crippen molar-refractivity contribution in [1.82, 2.24) is 10.2 Å². The lowest BCUT2D eigenvalue weighted by Gasteiger charge is -2.33. The van der Waals surface area contributed by atoms with Gasteiger partial charge < -0.3 is 5.32 Å².